The summed E-state index contributed by atoms with van der Waals surface area (Å²) in [7, 11) is 0. The molecule has 0 aromatic carbocycles. The summed E-state index contributed by atoms with van der Waals surface area (Å²) in [4.78, 5) is 26.6. The largest absolute Gasteiger partial charge is 0.481 e. The van der Waals surface area contributed by atoms with Crippen molar-refractivity contribution in [2.75, 3.05) is 18.8 Å². The first kappa shape index (κ1) is 16.4. The summed E-state index contributed by atoms with van der Waals surface area (Å²) < 4.78 is 0. The van der Waals surface area contributed by atoms with Gasteiger partial charge in [0.2, 0.25) is 5.91 Å². The van der Waals surface area contributed by atoms with Crippen LogP contribution in [-0.4, -0.2) is 40.7 Å². The lowest BCUT2D eigenvalue weighted by Gasteiger charge is -2.38. The summed E-state index contributed by atoms with van der Waals surface area (Å²) in [5, 5.41) is 11.4. The molecule has 1 amide bonds. The minimum Gasteiger partial charge on any atom is -0.481 e. The Kier molecular flexibility index (Phi) is 5.70. The fourth-order valence-corrected chi connectivity index (χ4v) is 4.40. The molecule has 0 bridgehead atoms. The third-order valence-electron chi connectivity index (χ3n) is 4.25. The molecule has 0 spiro atoms. The number of carbonyl (C=O) groups excluding carboxylic acids is 1. The Bertz CT molecular complexity index is 479. The minimum absolute atomic E-state index is 0.131. The van der Waals surface area contributed by atoms with Crippen molar-refractivity contribution in [2.45, 2.75) is 31.9 Å². The van der Waals surface area contributed by atoms with Gasteiger partial charge in [-0.25, -0.2) is 0 Å². The molecule has 0 atom stereocenters. The first-order chi connectivity index (χ1) is 10.1. The molecule has 1 aromatic rings. The number of rotatable bonds is 6. The summed E-state index contributed by atoms with van der Waals surface area (Å²) in [6.07, 6.45) is 1.78. The predicted molar refractivity (Wildman–Crippen MR) is 86.7 cm³/mol. The first-order valence-electron chi connectivity index (χ1n) is 7.19. The highest BCUT2D eigenvalue weighted by Gasteiger charge is 2.40. The van der Waals surface area contributed by atoms with Crippen LogP contribution in [0.4, 0.5) is 0 Å². The summed E-state index contributed by atoms with van der Waals surface area (Å²) >= 11 is 3.33. The maximum absolute atomic E-state index is 12.2. The quantitative estimate of drug-likeness (QED) is 0.872. The number of carbonyl (C=O) groups is 2. The maximum atomic E-state index is 12.2. The Morgan fingerprint density at radius 1 is 1.43 bits per heavy atom. The lowest BCUT2D eigenvalue weighted by molar-refractivity contribution is -0.154. The van der Waals surface area contributed by atoms with Crippen LogP contribution in [-0.2, 0) is 15.3 Å². The van der Waals surface area contributed by atoms with E-state index >= 15 is 0 Å². The standard InChI is InChI=1S/C15H21NO3S2/c1-2-15(14(18)19)5-7-16(8-6-15)13(17)11-20-10-12-4-3-9-21-12/h3-4,9H,2,5-8,10-11H2,1H3,(H,18,19). The van der Waals surface area contributed by atoms with Crippen molar-refractivity contribution >= 4 is 35.0 Å². The summed E-state index contributed by atoms with van der Waals surface area (Å²) in [5.41, 5.74) is -0.624. The highest BCUT2D eigenvalue weighted by molar-refractivity contribution is 7.99. The van der Waals surface area contributed by atoms with E-state index in [1.54, 1.807) is 23.1 Å². The molecule has 1 fully saturated rings. The van der Waals surface area contributed by atoms with Gasteiger partial charge in [0.15, 0.2) is 0 Å². The van der Waals surface area contributed by atoms with E-state index in [4.69, 9.17) is 0 Å². The van der Waals surface area contributed by atoms with Crippen molar-refractivity contribution in [1.82, 2.24) is 4.90 Å². The highest BCUT2D eigenvalue weighted by atomic mass is 32.2. The average Bonchev–Trinajstić information content (AvgIpc) is 3.00. The average molecular weight is 327 g/mol. The summed E-state index contributed by atoms with van der Waals surface area (Å²) in [6.45, 7) is 3.06. The van der Waals surface area contributed by atoms with Crippen LogP contribution in [0, 0.1) is 5.41 Å². The molecular formula is C15H21NO3S2. The fourth-order valence-electron chi connectivity index (χ4n) is 2.63. The van der Waals surface area contributed by atoms with Crippen molar-refractivity contribution in [3.63, 3.8) is 0 Å². The molecule has 1 aliphatic heterocycles. The molecule has 1 saturated heterocycles. The number of piperidine rings is 1. The molecular weight excluding hydrogens is 306 g/mol. The molecule has 1 aromatic heterocycles. The number of carboxylic acid groups (broad SMARTS) is 1. The number of hydrogen-bond acceptors (Lipinski definition) is 4. The predicted octanol–water partition coefficient (Wildman–Crippen LogP) is 3.08. The van der Waals surface area contributed by atoms with Gasteiger partial charge < -0.3 is 10.0 Å². The zero-order valence-corrected chi connectivity index (χ0v) is 13.8. The van der Waals surface area contributed by atoms with E-state index in [1.807, 2.05) is 23.3 Å². The number of aliphatic carboxylic acids is 1. The van der Waals surface area contributed by atoms with Crippen LogP contribution in [0.2, 0.25) is 0 Å². The van der Waals surface area contributed by atoms with Crippen LogP contribution in [0.25, 0.3) is 0 Å². The number of nitrogens with zero attached hydrogens (tertiary/aromatic N) is 1. The van der Waals surface area contributed by atoms with Crippen LogP contribution < -0.4 is 0 Å². The molecule has 0 unspecified atom stereocenters. The molecule has 0 aliphatic carbocycles. The normalized spacial score (nSPS) is 17.7. The Morgan fingerprint density at radius 3 is 2.67 bits per heavy atom. The number of carboxylic acids is 1. The SMILES string of the molecule is CCC1(C(=O)O)CCN(C(=O)CSCc2cccs2)CC1. The van der Waals surface area contributed by atoms with Crippen LogP contribution in [0.1, 0.15) is 31.1 Å². The zero-order chi connectivity index (χ0) is 15.3. The second-order valence-corrected chi connectivity index (χ2v) is 7.41. The summed E-state index contributed by atoms with van der Waals surface area (Å²) in [6, 6.07) is 4.09. The molecule has 0 radical (unpaired) electrons. The zero-order valence-electron chi connectivity index (χ0n) is 12.2. The van der Waals surface area contributed by atoms with Gasteiger partial charge in [-0.1, -0.05) is 13.0 Å². The molecule has 2 heterocycles. The molecule has 4 nitrogen and oxygen atoms in total. The molecule has 0 saturated carbocycles. The third kappa shape index (κ3) is 4.01. The topological polar surface area (TPSA) is 57.6 Å². The number of hydrogen-bond donors (Lipinski definition) is 1. The lowest BCUT2D eigenvalue weighted by atomic mass is 9.76. The molecule has 1 aliphatic rings. The second kappa shape index (κ2) is 7.31. The van der Waals surface area contributed by atoms with Crippen molar-refractivity contribution in [1.29, 1.82) is 0 Å². The summed E-state index contributed by atoms with van der Waals surface area (Å²) in [5.74, 6) is 0.755. The van der Waals surface area contributed by atoms with Gasteiger partial charge in [-0.05, 0) is 30.7 Å². The molecule has 1 N–H and O–H groups in total. The van der Waals surface area contributed by atoms with Crippen molar-refractivity contribution in [3.8, 4) is 0 Å². The van der Waals surface area contributed by atoms with E-state index < -0.39 is 11.4 Å². The number of amides is 1. The highest BCUT2D eigenvalue weighted by Crippen LogP contribution is 2.35. The second-order valence-electron chi connectivity index (χ2n) is 5.39. The third-order valence-corrected chi connectivity index (χ3v) is 6.28. The van der Waals surface area contributed by atoms with Crippen LogP contribution in [0.15, 0.2) is 17.5 Å². The van der Waals surface area contributed by atoms with Gasteiger partial charge in [-0.3, -0.25) is 9.59 Å². The van der Waals surface area contributed by atoms with E-state index in [0.717, 1.165) is 5.75 Å². The van der Waals surface area contributed by atoms with Crippen LogP contribution in [0.5, 0.6) is 0 Å². The van der Waals surface area contributed by atoms with Gasteiger partial charge in [0, 0.05) is 23.7 Å². The van der Waals surface area contributed by atoms with E-state index in [0.29, 0.717) is 38.1 Å². The molecule has 6 heteroatoms. The van der Waals surface area contributed by atoms with E-state index in [2.05, 4.69) is 6.07 Å². The smallest absolute Gasteiger partial charge is 0.309 e. The number of likely N-dealkylation sites (tertiary alicyclic amines) is 1. The number of thiophene rings is 1. The Morgan fingerprint density at radius 2 is 2.14 bits per heavy atom. The Balaban J connectivity index is 1.76. The van der Waals surface area contributed by atoms with Crippen molar-refractivity contribution in [2.24, 2.45) is 5.41 Å². The van der Waals surface area contributed by atoms with Gasteiger partial charge in [-0.15, -0.1) is 23.1 Å². The van der Waals surface area contributed by atoms with Crippen LogP contribution >= 0.6 is 23.1 Å². The van der Waals surface area contributed by atoms with Gasteiger partial charge in [-0.2, -0.15) is 0 Å². The first-order valence-corrected chi connectivity index (χ1v) is 9.22. The van der Waals surface area contributed by atoms with E-state index in [1.165, 1.54) is 4.88 Å². The minimum atomic E-state index is -0.718. The van der Waals surface area contributed by atoms with Gasteiger partial charge in [0.25, 0.3) is 0 Å². The monoisotopic (exact) mass is 327 g/mol. The maximum Gasteiger partial charge on any atom is 0.309 e. The van der Waals surface area contributed by atoms with Gasteiger partial charge >= 0.3 is 5.97 Å². The van der Waals surface area contributed by atoms with Crippen LogP contribution in [0.3, 0.4) is 0 Å². The van der Waals surface area contributed by atoms with E-state index in [-0.39, 0.29) is 5.91 Å². The molecule has 21 heavy (non-hydrogen) atoms. The lowest BCUT2D eigenvalue weighted by Crippen LogP contribution is -2.46. The van der Waals surface area contributed by atoms with Gasteiger partial charge in [0.05, 0.1) is 11.2 Å². The molecule has 116 valence electrons. The number of thioether (sulfide) groups is 1. The molecule has 2 rings (SSSR count). The van der Waals surface area contributed by atoms with Gasteiger partial charge in [0.1, 0.15) is 0 Å². The van der Waals surface area contributed by atoms with Crippen molar-refractivity contribution in [3.05, 3.63) is 22.4 Å². The Hall–Kier alpha value is -1.01. The van der Waals surface area contributed by atoms with Crippen molar-refractivity contribution < 1.29 is 14.7 Å². The Labute approximate surface area is 133 Å². The fraction of sp³-hybridized carbons (Fsp3) is 0.600. The van der Waals surface area contributed by atoms with E-state index in [9.17, 15) is 14.7 Å².